The lowest BCUT2D eigenvalue weighted by Gasteiger charge is -2.25. The minimum atomic E-state index is 0.0662. The van der Waals surface area contributed by atoms with Crippen molar-refractivity contribution in [1.82, 2.24) is 15.1 Å². The van der Waals surface area contributed by atoms with E-state index in [-0.39, 0.29) is 11.8 Å². The number of H-pyrrole nitrogens is 1. The predicted molar refractivity (Wildman–Crippen MR) is 122 cm³/mol. The van der Waals surface area contributed by atoms with Gasteiger partial charge in [0.1, 0.15) is 0 Å². The summed E-state index contributed by atoms with van der Waals surface area (Å²) >= 11 is 0. The number of amides is 1. The monoisotopic (exact) mass is 411 g/mol. The average molecular weight is 412 g/mol. The lowest BCUT2D eigenvalue weighted by molar-refractivity contribution is 0.0738. The smallest absolute Gasteiger partial charge is 0.254 e. The molecule has 1 fully saturated rings. The van der Waals surface area contributed by atoms with E-state index >= 15 is 0 Å². The van der Waals surface area contributed by atoms with E-state index in [0.717, 1.165) is 34.0 Å². The number of ether oxygens (including phenoxy) is 1. The van der Waals surface area contributed by atoms with E-state index in [1.54, 1.807) is 0 Å². The molecule has 31 heavy (non-hydrogen) atoms. The number of aromatic amines is 1. The molecular weight excluding hydrogens is 386 g/mol. The van der Waals surface area contributed by atoms with Crippen LogP contribution in [0.25, 0.3) is 22.0 Å². The van der Waals surface area contributed by atoms with Crippen molar-refractivity contribution in [2.24, 2.45) is 5.92 Å². The Morgan fingerprint density at radius 3 is 2.77 bits per heavy atom. The number of benzene rings is 3. The maximum Gasteiger partial charge on any atom is 0.254 e. The number of hydrogen-bond donors (Lipinski definition) is 1. The highest BCUT2D eigenvalue weighted by Gasteiger charge is 2.25. The summed E-state index contributed by atoms with van der Waals surface area (Å²) in [4.78, 5) is 15.5. The number of rotatable bonds is 4. The zero-order chi connectivity index (χ0) is 21.0. The van der Waals surface area contributed by atoms with E-state index in [1.807, 2.05) is 77.8 Å². The zero-order valence-electron chi connectivity index (χ0n) is 17.3. The number of carbonyl (C=O) groups is 1. The molecule has 0 spiro atoms. The third-order valence-corrected chi connectivity index (χ3v) is 5.95. The van der Waals surface area contributed by atoms with Gasteiger partial charge in [0.05, 0.1) is 24.9 Å². The van der Waals surface area contributed by atoms with E-state index in [4.69, 9.17) is 4.74 Å². The van der Waals surface area contributed by atoms with Gasteiger partial charge in [0.25, 0.3) is 5.91 Å². The molecular formula is C26H25N3O2. The number of carbonyl (C=O) groups excluding carboxylic acids is 1. The highest BCUT2D eigenvalue weighted by molar-refractivity contribution is 6.01. The molecule has 3 aromatic carbocycles. The van der Waals surface area contributed by atoms with Crippen molar-refractivity contribution in [2.75, 3.05) is 26.3 Å². The topological polar surface area (TPSA) is 58.2 Å². The molecule has 1 saturated heterocycles. The van der Waals surface area contributed by atoms with Gasteiger partial charge in [-0.05, 0) is 35.2 Å². The van der Waals surface area contributed by atoms with Gasteiger partial charge in [-0.1, -0.05) is 60.7 Å². The molecule has 0 bridgehead atoms. The van der Waals surface area contributed by atoms with Crippen LogP contribution >= 0.6 is 0 Å². The van der Waals surface area contributed by atoms with Gasteiger partial charge in [0.2, 0.25) is 0 Å². The molecule has 5 nitrogen and oxygen atoms in total. The molecule has 5 heteroatoms. The molecule has 0 radical (unpaired) electrons. The summed E-state index contributed by atoms with van der Waals surface area (Å²) in [5.41, 5.74) is 5.04. The number of hydrogen-bond acceptors (Lipinski definition) is 3. The quantitative estimate of drug-likeness (QED) is 0.536. The molecule has 0 aliphatic carbocycles. The number of nitrogens with one attached hydrogen (secondary N) is 1. The van der Waals surface area contributed by atoms with E-state index in [9.17, 15) is 4.79 Å². The van der Waals surface area contributed by atoms with Crippen LogP contribution in [0.3, 0.4) is 0 Å². The van der Waals surface area contributed by atoms with Crippen LogP contribution in [0.15, 0.2) is 79.0 Å². The van der Waals surface area contributed by atoms with Crippen molar-refractivity contribution in [2.45, 2.75) is 6.42 Å². The fourth-order valence-corrected chi connectivity index (χ4v) is 4.42. The van der Waals surface area contributed by atoms with Crippen LogP contribution in [0.2, 0.25) is 0 Å². The second kappa shape index (κ2) is 8.74. The maximum absolute atomic E-state index is 13.6. The van der Waals surface area contributed by atoms with Crippen LogP contribution in [0.1, 0.15) is 15.9 Å². The number of fused-ring (bicyclic) bond motifs is 1. The highest BCUT2D eigenvalue weighted by atomic mass is 16.5. The maximum atomic E-state index is 13.6. The first-order chi connectivity index (χ1) is 15.3. The van der Waals surface area contributed by atoms with Crippen molar-refractivity contribution in [3.63, 3.8) is 0 Å². The van der Waals surface area contributed by atoms with Gasteiger partial charge in [-0.15, -0.1) is 0 Å². The normalized spacial score (nSPS) is 16.9. The van der Waals surface area contributed by atoms with E-state index in [1.165, 1.54) is 5.56 Å². The second-order valence-electron chi connectivity index (χ2n) is 8.06. The lowest BCUT2D eigenvalue weighted by Crippen LogP contribution is -2.36. The van der Waals surface area contributed by atoms with Crippen LogP contribution in [0, 0.1) is 5.92 Å². The largest absolute Gasteiger partial charge is 0.379 e. The van der Waals surface area contributed by atoms with Crippen LogP contribution < -0.4 is 0 Å². The summed E-state index contributed by atoms with van der Waals surface area (Å²) in [7, 11) is 0. The summed E-state index contributed by atoms with van der Waals surface area (Å²) in [5.74, 6) is 0.298. The Labute approximate surface area is 181 Å². The molecule has 0 saturated carbocycles. The molecule has 1 unspecified atom stereocenters. The predicted octanol–water partition coefficient (Wildman–Crippen LogP) is 4.56. The van der Waals surface area contributed by atoms with Crippen LogP contribution in [0.4, 0.5) is 0 Å². The molecule has 1 N–H and O–H groups in total. The van der Waals surface area contributed by atoms with Gasteiger partial charge in [0.15, 0.2) is 0 Å². The first kappa shape index (κ1) is 19.5. The standard InChI is InChI=1S/C26H25N3O2/c30-26(23-11-5-4-10-22(23)20-7-2-1-3-8-20)29-13-14-31-18-19(17-29)15-21-9-6-12-25-24(21)16-27-28-25/h1-12,16,19H,13-15,17-18H2,(H,27,28). The minimum Gasteiger partial charge on any atom is -0.379 e. The van der Waals surface area contributed by atoms with Gasteiger partial charge in [0, 0.05) is 30.0 Å². The molecule has 1 amide bonds. The van der Waals surface area contributed by atoms with Crippen LogP contribution in [-0.2, 0) is 11.2 Å². The summed E-state index contributed by atoms with van der Waals surface area (Å²) < 4.78 is 5.89. The van der Waals surface area contributed by atoms with Crippen LogP contribution in [-0.4, -0.2) is 47.3 Å². The van der Waals surface area contributed by atoms with Gasteiger partial charge in [-0.3, -0.25) is 9.89 Å². The minimum absolute atomic E-state index is 0.0662. The summed E-state index contributed by atoms with van der Waals surface area (Å²) in [6.07, 6.45) is 2.72. The van der Waals surface area contributed by atoms with Crippen LogP contribution in [0.5, 0.6) is 0 Å². The Bertz CT molecular complexity index is 1190. The third-order valence-electron chi connectivity index (χ3n) is 5.95. The van der Waals surface area contributed by atoms with Crippen molar-refractivity contribution < 1.29 is 9.53 Å². The molecule has 1 aliphatic heterocycles. The van der Waals surface area contributed by atoms with Gasteiger partial charge in [-0.2, -0.15) is 5.10 Å². The first-order valence-corrected chi connectivity index (χ1v) is 10.7. The average Bonchev–Trinajstić information content (AvgIpc) is 3.19. The highest BCUT2D eigenvalue weighted by Crippen LogP contribution is 2.26. The zero-order valence-corrected chi connectivity index (χ0v) is 17.3. The van der Waals surface area contributed by atoms with Crippen molar-refractivity contribution in [3.05, 3.63) is 90.1 Å². The Kier molecular flexibility index (Phi) is 5.50. The van der Waals surface area contributed by atoms with Crippen molar-refractivity contribution >= 4 is 16.8 Å². The molecule has 1 atom stereocenters. The molecule has 156 valence electrons. The van der Waals surface area contributed by atoms with Crippen molar-refractivity contribution in [1.29, 1.82) is 0 Å². The van der Waals surface area contributed by atoms with E-state index < -0.39 is 0 Å². The van der Waals surface area contributed by atoms with Gasteiger partial charge in [-0.25, -0.2) is 0 Å². The molecule has 5 rings (SSSR count). The molecule has 2 heterocycles. The first-order valence-electron chi connectivity index (χ1n) is 10.7. The Balaban J connectivity index is 1.39. The second-order valence-corrected chi connectivity index (χ2v) is 8.06. The fraction of sp³-hybridized carbons (Fsp3) is 0.231. The SMILES string of the molecule is O=C(c1ccccc1-c1ccccc1)N1CCOCC(Cc2cccc3[nH]ncc23)C1. The summed E-state index contributed by atoms with van der Waals surface area (Å²) in [6, 6.07) is 24.2. The Morgan fingerprint density at radius 1 is 1.03 bits per heavy atom. The Morgan fingerprint density at radius 2 is 1.87 bits per heavy atom. The third kappa shape index (κ3) is 4.09. The lowest BCUT2D eigenvalue weighted by atomic mass is 9.96. The Hall–Kier alpha value is -3.44. The molecule has 1 aliphatic rings. The van der Waals surface area contributed by atoms with Gasteiger partial charge < -0.3 is 9.64 Å². The van der Waals surface area contributed by atoms with E-state index in [2.05, 4.69) is 16.3 Å². The fourth-order valence-electron chi connectivity index (χ4n) is 4.42. The van der Waals surface area contributed by atoms with Crippen molar-refractivity contribution in [3.8, 4) is 11.1 Å². The number of aromatic nitrogens is 2. The van der Waals surface area contributed by atoms with E-state index in [0.29, 0.717) is 26.3 Å². The van der Waals surface area contributed by atoms with Gasteiger partial charge >= 0.3 is 0 Å². The number of nitrogens with zero attached hydrogens (tertiary/aromatic N) is 2. The summed E-state index contributed by atoms with van der Waals surface area (Å²) in [5, 5.41) is 8.35. The molecule has 1 aromatic heterocycles. The summed E-state index contributed by atoms with van der Waals surface area (Å²) in [6.45, 7) is 2.49. The molecule has 4 aromatic rings.